The molecule has 0 aromatic heterocycles. The zero-order valence-corrected chi connectivity index (χ0v) is 11.9. The number of aromatic hydroxyl groups is 1. The van der Waals surface area contributed by atoms with Crippen LogP contribution in [-0.4, -0.2) is 29.5 Å². The van der Waals surface area contributed by atoms with Crippen molar-refractivity contribution >= 4 is 0 Å². The van der Waals surface area contributed by atoms with Crippen LogP contribution in [0.3, 0.4) is 0 Å². The summed E-state index contributed by atoms with van der Waals surface area (Å²) >= 11 is 0. The monoisotopic (exact) mass is 277 g/mol. The normalized spacial score (nSPS) is 33.5. The van der Waals surface area contributed by atoms with Crippen molar-refractivity contribution in [2.24, 2.45) is 5.92 Å². The van der Waals surface area contributed by atoms with E-state index in [2.05, 4.69) is 5.32 Å². The van der Waals surface area contributed by atoms with Crippen LogP contribution in [0, 0.1) is 5.92 Å². The average Bonchev–Trinajstić information content (AvgIpc) is 2.46. The van der Waals surface area contributed by atoms with Gasteiger partial charge in [-0.2, -0.15) is 0 Å². The molecule has 0 unspecified atom stereocenters. The fraction of sp³-hybridized carbons (Fsp3) is 0.625. The van der Waals surface area contributed by atoms with Gasteiger partial charge in [0.2, 0.25) is 0 Å². The van der Waals surface area contributed by atoms with Crippen molar-refractivity contribution < 1.29 is 14.9 Å². The summed E-state index contributed by atoms with van der Waals surface area (Å²) < 4.78 is 5.20. The third-order valence-electron chi connectivity index (χ3n) is 4.97. The van der Waals surface area contributed by atoms with E-state index in [-0.39, 0.29) is 17.7 Å². The van der Waals surface area contributed by atoms with Gasteiger partial charge in [-0.05, 0) is 31.9 Å². The number of fused-ring (bicyclic) bond motifs is 1. The fourth-order valence-corrected chi connectivity index (χ4v) is 3.90. The second kappa shape index (κ2) is 5.26. The van der Waals surface area contributed by atoms with Crippen molar-refractivity contribution in [2.75, 3.05) is 13.7 Å². The lowest BCUT2D eigenvalue weighted by molar-refractivity contribution is -0.0863. The summed E-state index contributed by atoms with van der Waals surface area (Å²) in [5.74, 6) is 0.861. The van der Waals surface area contributed by atoms with Gasteiger partial charge >= 0.3 is 0 Å². The van der Waals surface area contributed by atoms with Gasteiger partial charge in [0.15, 0.2) is 11.5 Å². The predicted molar refractivity (Wildman–Crippen MR) is 76.9 cm³/mol. The zero-order chi connectivity index (χ0) is 14.2. The molecule has 2 aliphatic rings. The van der Waals surface area contributed by atoms with Gasteiger partial charge in [-0.3, -0.25) is 0 Å². The minimum atomic E-state index is -0.580. The quantitative estimate of drug-likeness (QED) is 0.776. The van der Waals surface area contributed by atoms with Crippen molar-refractivity contribution in [3.63, 3.8) is 0 Å². The topological polar surface area (TPSA) is 61.7 Å². The van der Waals surface area contributed by atoms with Crippen LogP contribution in [0.1, 0.15) is 43.7 Å². The molecule has 1 saturated carbocycles. The molecule has 4 nitrogen and oxygen atoms in total. The number of hydrogen-bond acceptors (Lipinski definition) is 4. The number of piperidine rings is 1. The molecular formula is C16H23NO3. The largest absolute Gasteiger partial charge is 0.504 e. The summed E-state index contributed by atoms with van der Waals surface area (Å²) in [5.41, 5.74) is 0.262. The molecule has 2 fully saturated rings. The van der Waals surface area contributed by atoms with Crippen molar-refractivity contribution in [1.29, 1.82) is 0 Å². The lowest BCUT2D eigenvalue weighted by Crippen LogP contribution is -2.53. The number of phenols is 1. The Labute approximate surface area is 119 Å². The third-order valence-corrected chi connectivity index (χ3v) is 4.97. The first-order valence-corrected chi connectivity index (χ1v) is 7.47. The van der Waals surface area contributed by atoms with E-state index in [0.717, 1.165) is 44.2 Å². The number of hydrogen-bond donors (Lipinski definition) is 3. The SMILES string of the molecule is COc1cccc([C@@H]2NCC[C@@]3(O)CCCC[C@@H]23)c1O. The van der Waals surface area contributed by atoms with Gasteiger partial charge in [0.1, 0.15) is 0 Å². The Hall–Kier alpha value is -1.26. The maximum absolute atomic E-state index is 10.9. The Balaban J connectivity index is 1.96. The fourth-order valence-electron chi connectivity index (χ4n) is 3.90. The highest BCUT2D eigenvalue weighted by Crippen LogP contribution is 2.48. The van der Waals surface area contributed by atoms with E-state index in [1.165, 1.54) is 0 Å². The second-order valence-corrected chi connectivity index (χ2v) is 6.04. The van der Waals surface area contributed by atoms with Crippen LogP contribution < -0.4 is 10.1 Å². The van der Waals surface area contributed by atoms with Crippen LogP contribution in [0.4, 0.5) is 0 Å². The molecule has 3 N–H and O–H groups in total. The molecule has 0 radical (unpaired) electrons. The van der Waals surface area contributed by atoms with E-state index in [0.29, 0.717) is 5.75 Å². The second-order valence-electron chi connectivity index (χ2n) is 6.04. The highest BCUT2D eigenvalue weighted by Gasteiger charge is 2.46. The molecule has 1 aromatic carbocycles. The molecule has 1 aliphatic carbocycles. The Morgan fingerprint density at radius 3 is 2.95 bits per heavy atom. The van der Waals surface area contributed by atoms with Crippen molar-refractivity contribution in [2.45, 2.75) is 43.7 Å². The number of para-hydroxylation sites is 1. The molecule has 0 spiro atoms. The molecule has 1 aliphatic heterocycles. The third kappa shape index (κ3) is 2.17. The summed E-state index contributed by atoms with van der Waals surface area (Å²) in [5, 5.41) is 24.7. The van der Waals surface area contributed by atoms with Gasteiger partial charge in [0.25, 0.3) is 0 Å². The van der Waals surface area contributed by atoms with Gasteiger partial charge in [-0.25, -0.2) is 0 Å². The predicted octanol–water partition coefficient (Wildman–Crippen LogP) is 2.36. The first-order chi connectivity index (χ1) is 9.65. The maximum atomic E-state index is 10.9. The summed E-state index contributed by atoms with van der Waals surface area (Å²) in [6, 6.07) is 5.58. The van der Waals surface area contributed by atoms with E-state index in [4.69, 9.17) is 4.74 Å². The van der Waals surface area contributed by atoms with Crippen LogP contribution >= 0.6 is 0 Å². The molecule has 1 saturated heterocycles. The van der Waals surface area contributed by atoms with Crippen LogP contribution in [0.15, 0.2) is 18.2 Å². The van der Waals surface area contributed by atoms with E-state index in [1.54, 1.807) is 13.2 Å². The standard InChI is InChI=1S/C16H23NO3/c1-20-13-7-4-5-11(15(13)18)14-12-6-2-3-8-16(12,19)9-10-17-14/h4-5,7,12,14,17-19H,2-3,6,8-10H2,1H3/t12-,14-,16-/m0/s1. The summed E-state index contributed by atoms with van der Waals surface area (Å²) in [6.45, 7) is 0.786. The van der Waals surface area contributed by atoms with Gasteiger partial charge < -0.3 is 20.3 Å². The van der Waals surface area contributed by atoms with Crippen LogP contribution in [0.5, 0.6) is 11.5 Å². The van der Waals surface area contributed by atoms with Crippen LogP contribution in [-0.2, 0) is 0 Å². The zero-order valence-electron chi connectivity index (χ0n) is 11.9. The number of ether oxygens (including phenoxy) is 1. The Morgan fingerprint density at radius 1 is 1.30 bits per heavy atom. The van der Waals surface area contributed by atoms with Gasteiger partial charge in [-0.1, -0.05) is 25.0 Å². The Bertz CT molecular complexity index is 487. The number of aliphatic hydroxyl groups is 1. The first-order valence-electron chi connectivity index (χ1n) is 7.47. The first kappa shape index (κ1) is 13.7. The van der Waals surface area contributed by atoms with Crippen LogP contribution in [0.2, 0.25) is 0 Å². The number of benzene rings is 1. The molecule has 4 heteroatoms. The molecular weight excluding hydrogens is 254 g/mol. The van der Waals surface area contributed by atoms with Gasteiger partial charge in [-0.15, -0.1) is 0 Å². The Morgan fingerprint density at radius 2 is 2.15 bits per heavy atom. The molecule has 20 heavy (non-hydrogen) atoms. The molecule has 1 heterocycles. The lowest BCUT2D eigenvalue weighted by Gasteiger charge is -2.48. The molecule has 0 amide bonds. The molecule has 3 rings (SSSR count). The average molecular weight is 277 g/mol. The maximum Gasteiger partial charge on any atom is 0.162 e. The summed E-state index contributed by atoms with van der Waals surface area (Å²) in [4.78, 5) is 0. The minimum Gasteiger partial charge on any atom is -0.504 e. The smallest absolute Gasteiger partial charge is 0.162 e. The molecule has 0 bridgehead atoms. The van der Waals surface area contributed by atoms with E-state index in [9.17, 15) is 10.2 Å². The summed E-state index contributed by atoms with van der Waals surface area (Å²) in [7, 11) is 1.56. The highest BCUT2D eigenvalue weighted by atomic mass is 16.5. The van der Waals surface area contributed by atoms with Crippen molar-refractivity contribution in [1.82, 2.24) is 5.32 Å². The van der Waals surface area contributed by atoms with Crippen LogP contribution in [0.25, 0.3) is 0 Å². The highest BCUT2D eigenvalue weighted by molar-refractivity contribution is 5.47. The van der Waals surface area contributed by atoms with E-state index >= 15 is 0 Å². The van der Waals surface area contributed by atoms with Crippen molar-refractivity contribution in [3.05, 3.63) is 23.8 Å². The molecule has 3 atom stereocenters. The van der Waals surface area contributed by atoms with E-state index in [1.807, 2.05) is 12.1 Å². The number of methoxy groups -OCH3 is 1. The van der Waals surface area contributed by atoms with Gasteiger partial charge in [0, 0.05) is 17.5 Å². The minimum absolute atomic E-state index is 0.00384. The molecule has 1 aromatic rings. The number of phenolic OH excluding ortho intramolecular Hbond substituents is 1. The summed E-state index contributed by atoms with van der Waals surface area (Å²) in [6.07, 6.45) is 4.93. The lowest BCUT2D eigenvalue weighted by atomic mass is 9.66. The van der Waals surface area contributed by atoms with Crippen molar-refractivity contribution in [3.8, 4) is 11.5 Å². The number of rotatable bonds is 2. The molecule has 110 valence electrons. The van der Waals surface area contributed by atoms with Gasteiger partial charge in [0.05, 0.1) is 12.7 Å². The van der Waals surface area contributed by atoms with E-state index < -0.39 is 5.60 Å². The Kier molecular flexibility index (Phi) is 3.61. The number of nitrogens with one attached hydrogen (secondary N) is 1.